The molecule has 21 heavy (non-hydrogen) atoms. The molecule has 0 atom stereocenters. The standard InChI is InChI=1S/C16H26O3S.Na.H/c1-2-3-4-5-6-7-11-14-19-20(17,18)15-16-12-9-8-10-13-16;;/h8-10,12-13H,2-7,11,14-15H2,1H3;;. The topological polar surface area (TPSA) is 43.4 Å². The Labute approximate surface area is 151 Å². The van der Waals surface area contributed by atoms with Crippen molar-refractivity contribution >= 4 is 39.7 Å². The van der Waals surface area contributed by atoms with Crippen LogP contribution in [0.25, 0.3) is 0 Å². The van der Waals surface area contributed by atoms with Crippen LogP contribution in [0, 0.1) is 0 Å². The van der Waals surface area contributed by atoms with Crippen LogP contribution in [0.15, 0.2) is 30.3 Å². The van der Waals surface area contributed by atoms with Crippen molar-refractivity contribution < 1.29 is 12.6 Å². The summed E-state index contributed by atoms with van der Waals surface area (Å²) in [7, 11) is -3.44. The first-order valence-corrected chi connectivity index (χ1v) is 9.13. The molecular weight excluding hydrogens is 295 g/mol. The zero-order valence-corrected chi connectivity index (χ0v) is 13.2. The third kappa shape index (κ3) is 11.4. The van der Waals surface area contributed by atoms with E-state index in [1.165, 1.54) is 32.1 Å². The zero-order valence-electron chi connectivity index (χ0n) is 12.4. The van der Waals surface area contributed by atoms with Gasteiger partial charge in [0.15, 0.2) is 0 Å². The normalized spacial score (nSPS) is 11.1. The first-order valence-electron chi connectivity index (χ1n) is 7.55. The van der Waals surface area contributed by atoms with E-state index in [4.69, 9.17) is 4.18 Å². The van der Waals surface area contributed by atoms with Crippen LogP contribution in [0.2, 0.25) is 0 Å². The van der Waals surface area contributed by atoms with E-state index < -0.39 is 10.1 Å². The van der Waals surface area contributed by atoms with Gasteiger partial charge in [-0.15, -0.1) is 0 Å². The quantitative estimate of drug-likeness (QED) is 0.355. The fraction of sp³-hybridized carbons (Fsp3) is 0.625. The average Bonchev–Trinajstić information content (AvgIpc) is 2.42. The van der Waals surface area contributed by atoms with Crippen molar-refractivity contribution in [2.75, 3.05) is 6.61 Å². The van der Waals surface area contributed by atoms with E-state index in [1.54, 1.807) is 12.1 Å². The molecule has 0 heterocycles. The summed E-state index contributed by atoms with van der Waals surface area (Å²) in [6.07, 6.45) is 8.10. The van der Waals surface area contributed by atoms with Gasteiger partial charge >= 0.3 is 29.6 Å². The molecule has 0 N–H and O–H groups in total. The minimum atomic E-state index is -3.44. The van der Waals surface area contributed by atoms with E-state index in [1.807, 2.05) is 18.2 Å². The zero-order chi connectivity index (χ0) is 14.7. The van der Waals surface area contributed by atoms with Gasteiger partial charge in [0.1, 0.15) is 5.75 Å². The summed E-state index contributed by atoms with van der Waals surface area (Å²) < 4.78 is 28.5. The van der Waals surface area contributed by atoms with Gasteiger partial charge in [0.2, 0.25) is 0 Å². The van der Waals surface area contributed by atoms with Crippen LogP contribution in [0.4, 0.5) is 0 Å². The van der Waals surface area contributed by atoms with Crippen LogP contribution in [0.1, 0.15) is 57.4 Å². The summed E-state index contributed by atoms with van der Waals surface area (Å²) in [6.45, 7) is 2.51. The molecule has 0 aliphatic heterocycles. The summed E-state index contributed by atoms with van der Waals surface area (Å²) in [6, 6.07) is 9.14. The minimum absolute atomic E-state index is 0. The van der Waals surface area contributed by atoms with Crippen molar-refractivity contribution in [2.24, 2.45) is 0 Å². The molecule has 0 spiro atoms. The van der Waals surface area contributed by atoms with Crippen LogP contribution in [0.3, 0.4) is 0 Å². The van der Waals surface area contributed by atoms with Gasteiger partial charge in [-0.1, -0.05) is 75.8 Å². The van der Waals surface area contributed by atoms with E-state index in [2.05, 4.69) is 6.92 Å². The first-order chi connectivity index (χ1) is 9.64. The number of hydrogen-bond acceptors (Lipinski definition) is 3. The fourth-order valence-electron chi connectivity index (χ4n) is 2.07. The molecule has 1 rings (SSSR count). The molecule has 0 unspecified atom stereocenters. The van der Waals surface area contributed by atoms with Gasteiger partial charge in [-0.25, -0.2) is 0 Å². The molecule has 0 bridgehead atoms. The van der Waals surface area contributed by atoms with E-state index >= 15 is 0 Å². The van der Waals surface area contributed by atoms with Gasteiger partial charge in [0.25, 0.3) is 10.1 Å². The molecule has 0 saturated carbocycles. The molecule has 0 saturated heterocycles. The van der Waals surface area contributed by atoms with Gasteiger partial charge in [-0.3, -0.25) is 4.18 Å². The van der Waals surface area contributed by atoms with Crippen molar-refractivity contribution in [3.8, 4) is 0 Å². The summed E-state index contributed by atoms with van der Waals surface area (Å²) in [4.78, 5) is 0. The summed E-state index contributed by atoms with van der Waals surface area (Å²) in [5, 5.41) is 0. The van der Waals surface area contributed by atoms with Gasteiger partial charge in [-0.2, -0.15) is 8.42 Å². The van der Waals surface area contributed by atoms with Crippen LogP contribution in [0.5, 0.6) is 0 Å². The number of unbranched alkanes of at least 4 members (excludes halogenated alkanes) is 6. The molecular formula is C16H27NaO3S. The molecule has 3 nitrogen and oxygen atoms in total. The number of hydrogen-bond donors (Lipinski definition) is 0. The third-order valence-corrected chi connectivity index (χ3v) is 4.41. The summed E-state index contributed by atoms with van der Waals surface area (Å²) in [5.74, 6) is -0.0374. The summed E-state index contributed by atoms with van der Waals surface area (Å²) >= 11 is 0. The first kappa shape index (κ1) is 21.1. The Morgan fingerprint density at radius 1 is 0.905 bits per heavy atom. The second-order valence-corrected chi connectivity index (χ2v) is 6.77. The maximum absolute atomic E-state index is 11.8. The predicted octanol–water partition coefficient (Wildman–Crippen LogP) is 3.64. The van der Waals surface area contributed by atoms with Gasteiger partial charge < -0.3 is 0 Å². The Morgan fingerprint density at radius 3 is 2.10 bits per heavy atom. The van der Waals surface area contributed by atoms with E-state index in [-0.39, 0.29) is 35.3 Å². The molecule has 0 aromatic heterocycles. The van der Waals surface area contributed by atoms with Crippen molar-refractivity contribution in [1.29, 1.82) is 0 Å². The number of benzene rings is 1. The molecule has 0 aliphatic carbocycles. The molecule has 0 amide bonds. The number of rotatable bonds is 11. The van der Waals surface area contributed by atoms with E-state index in [0.29, 0.717) is 6.61 Å². The monoisotopic (exact) mass is 322 g/mol. The van der Waals surface area contributed by atoms with Crippen molar-refractivity contribution in [3.63, 3.8) is 0 Å². The third-order valence-electron chi connectivity index (χ3n) is 3.20. The van der Waals surface area contributed by atoms with Gasteiger partial charge in [0, 0.05) is 0 Å². The van der Waals surface area contributed by atoms with Gasteiger partial charge in [0.05, 0.1) is 6.61 Å². The molecule has 116 valence electrons. The van der Waals surface area contributed by atoms with Crippen LogP contribution < -0.4 is 0 Å². The Morgan fingerprint density at radius 2 is 1.48 bits per heavy atom. The second-order valence-electron chi connectivity index (χ2n) is 5.13. The Kier molecular flexibility index (Phi) is 12.7. The van der Waals surface area contributed by atoms with Crippen molar-refractivity contribution in [3.05, 3.63) is 35.9 Å². The van der Waals surface area contributed by atoms with Crippen LogP contribution in [-0.2, 0) is 20.1 Å². The Balaban J connectivity index is 0.00000400. The Bertz CT molecular complexity index is 446. The average molecular weight is 322 g/mol. The van der Waals surface area contributed by atoms with Crippen molar-refractivity contribution in [1.82, 2.24) is 0 Å². The second kappa shape index (κ2) is 12.7. The molecule has 0 radical (unpaired) electrons. The van der Waals surface area contributed by atoms with E-state index in [0.717, 1.165) is 18.4 Å². The van der Waals surface area contributed by atoms with E-state index in [9.17, 15) is 8.42 Å². The molecule has 0 fully saturated rings. The fourth-order valence-corrected chi connectivity index (χ4v) is 3.12. The SMILES string of the molecule is CCCCCCCCCOS(=O)(=O)Cc1ccccc1.[NaH]. The van der Waals surface area contributed by atoms with Crippen LogP contribution >= 0.6 is 0 Å². The van der Waals surface area contributed by atoms with Crippen molar-refractivity contribution in [2.45, 2.75) is 57.6 Å². The summed E-state index contributed by atoms with van der Waals surface area (Å²) in [5.41, 5.74) is 0.770. The molecule has 1 aromatic rings. The maximum atomic E-state index is 11.8. The Hall–Kier alpha value is 0.130. The van der Waals surface area contributed by atoms with Crippen LogP contribution in [-0.4, -0.2) is 44.6 Å². The molecule has 1 aromatic carbocycles. The van der Waals surface area contributed by atoms with Gasteiger partial charge in [-0.05, 0) is 12.0 Å². The predicted molar refractivity (Wildman–Crippen MR) is 90.2 cm³/mol. The molecule has 0 aliphatic rings. The molecule has 5 heteroatoms.